The molecule has 1 rings (SSSR count). The van der Waals surface area contributed by atoms with Gasteiger partial charge < -0.3 is 15.0 Å². The van der Waals surface area contributed by atoms with Crippen molar-refractivity contribution in [2.45, 2.75) is 12.8 Å². The molecule has 1 atom stereocenters. The molecule has 0 radical (unpaired) electrons. The molecule has 3 nitrogen and oxygen atoms in total. The van der Waals surface area contributed by atoms with Gasteiger partial charge in [-0.2, -0.15) is 0 Å². The molecule has 1 unspecified atom stereocenters. The standard InChI is InChI=1S/C9H18N2O/c1-11-5-2-3-9(8-11)7-10-4-6-12/h6,9-10H,2-5,7-8H2,1H3. The van der Waals surface area contributed by atoms with Gasteiger partial charge in [0.05, 0.1) is 6.54 Å². The van der Waals surface area contributed by atoms with Crippen LogP contribution in [-0.2, 0) is 4.79 Å². The van der Waals surface area contributed by atoms with Crippen LogP contribution in [0.3, 0.4) is 0 Å². The fourth-order valence-corrected chi connectivity index (χ4v) is 1.79. The maximum Gasteiger partial charge on any atom is 0.133 e. The van der Waals surface area contributed by atoms with Crippen molar-refractivity contribution >= 4 is 6.29 Å². The molecule has 70 valence electrons. The van der Waals surface area contributed by atoms with Gasteiger partial charge in [0.15, 0.2) is 0 Å². The van der Waals surface area contributed by atoms with E-state index in [1.165, 1.54) is 25.9 Å². The lowest BCUT2D eigenvalue weighted by molar-refractivity contribution is -0.107. The molecule has 1 saturated heterocycles. The Morgan fingerprint density at radius 2 is 2.50 bits per heavy atom. The predicted molar refractivity (Wildman–Crippen MR) is 49.2 cm³/mol. The van der Waals surface area contributed by atoms with Crippen LogP contribution >= 0.6 is 0 Å². The van der Waals surface area contributed by atoms with Crippen molar-refractivity contribution in [1.82, 2.24) is 10.2 Å². The number of likely N-dealkylation sites (tertiary alicyclic amines) is 1. The Kier molecular flexibility index (Phi) is 4.25. The molecule has 1 aliphatic heterocycles. The van der Waals surface area contributed by atoms with Gasteiger partial charge in [0.1, 0.15) is 6.29 Å². The fraction of sp³-hybridized carbons (Fsp3) is 0.889. The van der Waals surface area contributed by atoms with E-state index in [1.54, 1.807) is 0 Å². The minimum atomic E-state index is 0.500. The largest absolute Gasteiger partial charge is 0.310 e. The molecule has 0 saturated carbocycles. The first-order valence-corrected chi connectivity index (χ1v) is 4.66. The molecule has 12 heavy (non-hydrogen) atoms. The lowest BCUT2D eigenvalue weighted by Crippen LogP contribution is -2.37. The fourth-order valence-electron chi connectivity index (χ4n) is 1.79. The molecule has 3 heteroatoms. The minimum absolute atomic E-state index is 0.500. The zero-order valence-corrected chi connectivity index (χ0v) is 7.75. The lowest BCUT2D eigenvalue weighted by atomic mass is 9.98. The average molecular weight is 170 g/mol. The van der Waals surface area contributed by atoms with Crippen molar-refractivity contribution in [3.8, 4) is 0 Å². The second-order valence-corrected chi connectivity index (χ2v) is 3.60. The van der Waals surface area contributed by atoms with Gasteiger partial charge in [0, 0.05) is 6.54 Å². The van der Waals surface area contributed by atoms with E-state index in [-0.39, 0.29) is 0 Å². The molecule has 0 aromatic rings. The van der Waals surface area contributed by atoms with Crippen molar-refractivity contribution in [1.29, 1.82) is 0 Å². The third-order valence-electron chi connectivity index (χ3n) is 2.38. The summed E-state index contributed by atoms with van der Waals surface area (Å²) >= 11 is 0. The topological polar surface area (TPSA) is 32.3 Å². The normalized spacial score (nSPS) is 25.6. The zero-order valence-electron chi connectivity index (χ0n) is 7.75. The third kappa shape index (κ3) is 3.32. The van der Waals surface area contributed by atoms with Crippen LogP contribution in [-0.4, -0.2) is 44.4 Å². The van der Waals surface area contributed by atoms with Crippen LogP contribution in [0.2, 0.25) is 0 Å². The van der Waals surface area contributed by atoms with E-state index in [9.17, 15) is 4.79 Å². The Labute approximate surface area is 74.1 Å². The summed E-state index contributed by atoms with van der Waals surface area (Å²) in [6.45, 7) is 3.89. The summed E-state index contributed by atoms with van der Waals surface area (Å²) in [7, 11) is 2.16. The Morgan fingerprint density at radius 3 is 3.17 bits per heavy atom. The van der Waals surface area contributed by atoms with Gasteiger partial charge in [-0.3, -0.25) is 0 Å². The second kappa shape index (κ2) is 5.27. The minimum Gasteiger partial charge on any atom is -0.310 e. The molecule has 0 aromatic carbocycles. The molecule has 1 fully saturated rings. The number of hydrogen-bond donors (Lipinski definition) is 1. The first kappa shape index (κ1) is 9.68. The molecule has 1 N–H and O–H groups in total. The van der Waals surface area contributed by atoms with Crippen molar-refractivity contribution in [3.05, 3.63) is 0 Å². The summed E-state index contributed by atoms with van der Waals surface area (Å²) in [5, 5.41) is 3.13. The number of nitrogens with zero attached hydrogens (tertiary/aromatic N) is 1. The van der Waals surface area contributed by atoms with E-state index in [2.05, 4.69) is 17.3 Å². The van der Waals surface area contributed by atoms with Gasteiger partial charge in [-0.25, -0.2) is 0 Å². The maximum atomic E-state index is 10.0. The number of nitrogens with one attached hydrogen (secondary N) is 1. The van der Waals surface area contributed by atoms with Crippen LogP contribution in [0.4, 0.5) is 0 Å². The Balaban J connectivity index is 2.09. The highest BCUT2D eigenvalue weighted by atomic mass is 16.1. The van der Waals surface area contributed by atoms with Crippen LogP contribution in [0.25, 0.3) is 0 Å². The summed E-state index contributed by atoms with van der Waals surface area (Å²) in [4.78, 5) is 12.4. The molecule has 0 aliphatic carbocycles. The van der Waals surface area contributed by atoms with Gasteiger partial charge in [-0.05, 0) is 38.9 Å². The van der Waals surface area contributed by atoms with E-state index < -0.39 is 0 Å². The highest BCUT2D eigenvalue weighted by Crippen LogP contribution is 2.13. The van der Waals surface area contributed by atoms with E-state index in [0.717, 1.165) is 18.7 Å². The highest BCUT2D eigenvalue weighted by Gasteiger charge is 2.15. The number of aldehydes is 1. The first-order chi connectivity index (χ1) is 5.83. The van der Waals surface area contributed by atoms with Crippen LogP contribution in [0.5, 0.6) is 0 Å². The van der Waals surface area contributed by atoms with Crippen LogP contribution in [0.1, 0.15) is 12.8 Å². The van der Waals surface area contributed by atoms with E-state index in [0.29, 0.717) is 6.54 Å². The van der Waals surface area contributed by atoms with Gasteiger partial charge in [-0.1, -0.05) is 0 Å². The lowest BCUT2D eigenvalue weighted by Gasteiger charge is -2.29. The van der Waals surface area contributed by atoms with Gasteiger partial charge in [0.25, 0.3) is 0 Å². The SMILES string of the molecule is CN1CCCC(CNCC=O)C1. The van der Waals surface area contributed by atoms with Crippen LogP contribution in [0.15, 0.2) is 0 Å². The number of carbonyl (C=O) groups excluding carboxylic acids is 1. The average Bonchev–Trinajstić information content (AvgIpc) is 2.05. The summed E-state index contributed by atoms with van der Waals surface area (Å²) in [5.74, 6) is 0.740. The monoisotopic (exact) mass is 170 g/mol. The summed E-state index contributed by atoms with van der Waals surface area (Å²) < 4.78 is 0. The third-order valence-corrected chi connectivity index (χ3v) is 2.38. The summed E-state index contributed by atoms with van der Waals surface area (Å²) in [5.41, 5.74) is 0. The van der Waals surface area contributed by atoms with Crippen molar-refractivity contribution in [2.24, 2.45) is 5.92 Å². The van der Waals surface area contributed by atoms with Gasteiger partial charge >= 0.3 is 0 Å². The Morgan fingerprint density at radius 1 is 1.67 bits per heavy atom. The highest BCUT2D eigenvalue weighted by molar-refractivity contribution is 5.51. The summed E-state index contributed by atoms with van der Waals surface area (Å²) in [6, 6.07) is 0. The Bertz CT molecular complexity index is 138. The van der Waals surface area contributed by atoms with Gasteiger partial charge in [-0.15, -0.1) is 0 Å². The molecule has 0 amide bonds. The Hall–Kier alpha value is -0.410. The van der Waals surface area contributed by atoms with Crippen molar-refractivity contribution in [2.75, 3.05) is 33.2 Å². The first-order valence-electron chi connectivity index (χ1n) is 4.66. The second-order valence-electron chi connectivity index (χ2n) is 3.60. The number of carbonyl (C=O) groups is 1. The molecular formula is C9H18N2O. The quantitative estimate of drug-likeness (QED) is 0.480. The molecular weight excluding hydrogens is 152 g/mol. The molecule has 1 aliphatic rings. The summed E-state index contributed by atoms with van der Waals surface area (Å²) in [6.07, 6.45) is 3.52. The zero-order chi connectivity index (χ0) is 8.81. The van der Waals surface area contributed by atoms with Crippen LogP contribution < -0.4 is 5.32 Å². The van der Waals surface area contributed by atoms with E-state index in [1.807, 2.05) is 0 Å². The van der Waals surface area contributed by atoms with Crippen molar-refractivity contribution < 1.29 is 4.79 Å². The van der Waals surface area contributed by atoms with Crippen molar-refractivity contribution in [3.63, 3.8) is 0 Å². The number of hydrogen-bond acceptors (Lipinski definition) is 3. The van der Waals surface area contributed by atoms with E-state index >= 15 is 0 Å². The molecule has 0 aromatic heterocycles. The predicted octanol–water partition coefficient (Wildman–Crippen LogP) is 0.117. The smallest absolute Gasteiger partial charge is 0.133 e. The van der Waals surface area contributed by atoms with Gasteiger partial charge in [0.2, 0.25) is 0 Å². The molecule has 0 spiro atoms. The maximum absolute atomic E-state index is 10.0. The molecule has 1 heterocycles. The number of rotatable bonds is 4. The van der Waals surface area contributed by atoms with E-state index in [4.69, 9.17) is 0 Å². The molecule has 0 bridgehead atoms. The van der Waals surface area contributed by atoms with Crippen LogP contribution in [0, 0.1) is 5.92 Å². The number of piperidine rings is 1.